The van der Waals surface area contributed by atoms with Crippen LogP contribution in [-0.2, 0) is 4.79 Å². The molecule has 0 bridgehead atoms. The molecule has 1 rings (SSSR count). The normalized spacial score (nSPS) is 9.46. The fraction of sp³-hybridized carbons (Fsp3) is 0.222. The molecule has 0 radical (unpaired) electrons. The van der Waals surface area contributed by atoms with Gasteiger partial charge in [0.2, 0.25) is 0 Å². The van der Waals surface area contributed by atoms with Crippen LogP contribution in [0.15, 0.2) is 24.3 Å². The first-order valence-corrected chi connectivity index (χ1v) is 3.75. The fourth-order valence-electron chi connectivity index (χ4n) is 0.914. The molecule has 1 aromatic rings. The Labute approximate surface area is 75.7 Å². The van der Waals surface area contributed by atoms with Crippen LogP contribution in [0.5, 0.6) is 5.75 Å². The van der Waals surface area contributed by atoms with E-state index in [0.29, 0.717) is 5.75 Å². The van der Waals surface area contributed by atoms with E-state index >= 15 is 0 Å². The van der Waals surface area contributed by atoms with Crippen molar-refractivity contribution < 1.29 is 14.0 Å². The van der Waals surface area contributed by atoms with E-state index in [-0.39, 0.29) is 10.8 Å². The molecule has 70 valence electrons. The highest BCUT2D eigenvalue weighted by molar-refractivity contribution is 5.89. The Kier molecular flexibility index (Phi) is 2.84. The summed E-state index contributed by atoms with van der Waals surface area (Å²) in [5.74, 6) is -0.144. The van der Waals surface area contributed by atoms with Gasteiger partial charge in [-0.05, 0) is 12.1 Å². The predicted octanol–water partition coefficient (Wildman–Crippen LogP) is 1.93. The molecular weight excluding hydrogens is 173 g/mol. The van der Waals surface area contributed by atoms with Crippen molar-refractivity contribution in [3.05, 3.63) is 24.3 Å². The number of methoxy groups -OCH3 is 1. The summed E-state index contributed by atoms with van der Waals surface area (Å²) in [6.45, 7) is 1.15. The minimum absolute atomic E-state index is 0.0719. The summed E-state index contributed by atoms with van der Waals surface area (Å²) in [6, 6.07) is 6.23. The van der Waals surface area contributed by atoms with E-state index in [2.05, 4.69) is 0 Å². The third-order valence-electron chi connectivity index (χ3n) is 1.56. The zero-order chi connectivity index (χ0) is 9.84. The molecular formula is C9H10FNO2. The number of nitrogens with zero attached hydrogens (tertiary/aromatic N) is 1. The van der Waals surface area contributed by atoms with Gasteiger partial charge in [-0.2, -0.15) is 0 Å². The first-order valence-electron chi connectivity index (χ1n) is 3.75. The van der Waals surface area contributed by atoms with Gasteiger partial charge in [0.25, 0.3) is 5.91 Å². The van der Waals surface area contributed by atoms with Crippen molar-refractivity contribution in [3.8, 4) is 5.75 Å². The summed E-state index contributed by atoms with van der Waals surface area (Å²) in [4.78, 5) is 10.7. The van der Waals surface area contributed by atoms with Crippen LogP contribution in [0.3, 0.4) is 0 Å². The van der Waals surface area contributed by atoms with E-state index in [1.165, 1.54) is 19.2 Å². The van der Waals surface area contributed by atoms with Gasteiger partial charge in [-0.25, -0.2) is 0 Å². The lowest BCUT2D eigenvalue weighted by molar-refractivity contribution is -0.119. The fourth-order valence-corrected chi connectivity index (χ4v) is 0.914. The first kappa shape index (κ1) is 9.51. The minimum Gasteiger partial charge on any atom is -0.497 e. The minimum atomic E-state index is -0.659. The van der Waals surface area contributed by atoms with Crippen LogP contribution >= 0.6 is 0 Å². The number of hydrogen-bond acceptors (Lipinski definition) is 2. The zero-order valence-corrected chi connectivity index (χ0v) is 7.45. The summed E-state index contributed by atoms with van der Waals surface area (Å²) in [6.07, 6.45) is 0. The van der Waals surface area contributed by atoms with E-state index in [1.54, 1.807) is 12.1 Å². The van der Waals surface area contributed by atoms with Crippen LogP contribution in [0.2, 0.25) is 0 Å². The molecule has 3 nitrogen and oxygen atoms in total. The largest absolute Gasteiger partial charge is 0.497 e. The second-order valence-corrected chi connectivity index (χ2v) is 2.50. The quantitative estimate of drug-likeness (QED) is 0.655. The molecule has 0 heterocycles. The topological polar surface area (TPSA) is 29.5 Å². The molecule has 1 amide bonds. The number of amides is 1. The number of anilines is 1. The number of hydrogen-bond donors (Lipinski definition) is 0. The van der Waals surface area contributed by atoms with Crippen molar-refractivity contribution in [3.63, 3.8) is 0 Å². The van der Waals surface area contributed by atoms with Crippen LogP contribution in [0.25, 0.3) is 0 Å². The van der Waals surface area contributed by atoms with E-state index in [1.807, 2.05) is 0 Å². The van der Waals surface area contributed by atoms with E-state index in [4.69, 9.17) is 4.74 Å². The molecule has 0 unspecified atom stereocenters. The van der Waals surface area contributed by atoms with Gasteiger partial charge in [-0.1, -0.05) is 10.5 Å². The average molecular weight is 183 g/mol. The second-order valence-electron chi connectivity index (χ2n) is 2.50. The van der Waals surface area contributed by atoms with Gasteiger partial charge < -0.3 is 4.74 Å². The van der Waals surface area contributed by atoms with Crippen molar-refractivity contribution in [2.75, 3.05) is 12.2 Å². The summed E-state index contributed by atoms with van der Waals surface area (Å²) >= 11 is 0. The lowest BCUT2D eigenvalue weighted by Crippen LogP contribution is -2.17. The Bertz CT molecular complexity index is 314. The van der Waals surface area contributed by atoms with Gasteiger partial charge in [-0.15, -0.1) is 5.12 Å². The standard InChI is InChI=1S/C9H10FNO2/c1-7(12)11(10)8-4-3-5-9(6-8)13-2/h3-6H,1-2H3. The van der Waals surface area contributed by atoms with Gasteiger partial charge in [0.15, 0.2) is 0 Å². The zero-order valence-electron chi connectivity index (χ0n) is 7.45. The highest BCUT2D eigenvalue weighted by Gasteiger charge is 2.09. The van der Waals surface area contributed by atoms with Crippen molar-refractivity contribution in [1.29, 1.82) is 0 Å². The SMILES string of the molecule is COc1cccc(N(F)C(C)=O)c1. The molecule has 0 aromatic heterocycles. The molecule has 13 heavy (non-hydrogen) atoms. The Morgan fingerprint density at radius 1 is 1.54 bits per heavy atom. The maximum Gasteiger partial charge on any atom is 0.251 e. The number of carbonyl (C=O) groups is 1. The number of carbonyl (C=O) groups excluding carboxylic acids is 1. The summed E-state index contributed by atoms with van der Waals surface area (Å²) in [5.41, 5.74) is 0.173. The Balaban J connectivity index is 2.94. The predicted molar refractivity (Wildman–Crippen MR) is 47.3 cm³/mol. The molecule has 0 saturated heterocycles. The molecule has 0 aliphatic heterocycles. The van der Waals surface area contributed by atoms with Crippen LogP contribution in [-0.4, -0.2) is 13.0 Å². The van der Waals surface area contributed by atoms with Gasteiger partial charge >= 0.3 is 0 Å². The highest BCUT2D eigenvalue weighted by atomic mass is 19.2. The molecule has 0 atom stereocenters. The molecule has 1 aromatic carbocycles. The summed E-state index contributed by atoms with van der Waals surface area (Å²) in [7, 11) is 1.48. The van der Waals surface area contributed by atoms with E-state index in [9.17, 15) is 9.28 Å². The Hall–Kier alpha value is -1.58. The molecule has 0 N–H and O–H groups in total. The van der Waals surface area contributed by atoms with Crippen LogP contribution < -0.4 is 9.86 Å². The van der Waals surface area contributed by atoms with Crippen molar-refractivity contribution >= 4 is 11.6 Å². The number of rotatable bonds is 2. The monoisotopic (exact) mass is 183 g/mol. The Morgan fingerprint density at radius 3 is 2.77 bits per heavy atom. The van der Waals surface area contributed by atoms with Crippen molar-refractivity contribution in [2.24, 2.45) is 0 Å². The van der Waals surface area contributed by atoms with Gasteiger partial charge in [0, 0.05) is 13.0 Å². The van der Waals surface area contributed by atoms with Gasteiger partial charge in [-0.3, -0.25) is 4.79 Å². The van der Waals surface area contributed by atoms with Gasteiger partial charge in [0.1, 0.15) is 5.75 Å². The lowest BCUT2D eigenvalue weighted by Gasteiger charge is -2.09. The number of ether oxygens (including phenoxy) is 1. The molecule has 0 fully saturated rings. The Morgan fingerprint density at radius 2 is 2.23 bits per heavy atom. The van der Waals surface area contributed by atoms with Crippen molar-refractivity contribution in [1.82, 2.24) is 0 Å². The van der Waals surface area contributed by atoms with Crippen molar-refractivity contribution in [2.45, 2.75) is 6.92 Å². The number of benzene rings is 1. The molecule has 0 saturated carbocycles. The van der Waals surface area contributed by atoms with Crippen LogP contribution in [0, 0.1) is 0 Å². The maximum atomic E-state index is 13.0. The number of halogens is 1. The summed E-state index contributed by atoms with van der Waals surface area (Å²) in [5, 5.41) is 0.0719. The molecule has 4 heteroatoms. The van der Waals surface area contributed by atoms with Gasteiger partial charge in [0.05, 0.1) is 12.8 Å². The highest BCUT2D eigenvalue weighted by Crippen LogP contribution is 2.21. The molecule has 0 aliphatic rings. The van der Waals surface area contributed by atoms with Crippen LogP contribution in [0.1, 0.15) is 6.92 Å². The first-order chi connectivity index (χ1) is 6.15. The third kappa shape index (κ3) is 2.18. The van der Waals surface area contributed by atoms with E-state index in [0.717, 1.165) is 6.92 Å². The summed E-state index contributed by atoms with van der Waals surface area (Å²) < 4.78 is 17.9. The molecule has 0 spiro atoms. The van der Waals surface area contributed by atoms with Crippen LogP contribution in [0.4, 0.5) is 10.2 Å². The molecule has 0 aliphatic carbocycles. The smallest absolute Gasteiger partial charge is 0.251 e. The third-order valence-corrected chi connectivity index (χ3v) is 1.56. The average Bonchev–Trinajstić information content (AvgIpc) is 2.16. The second kappa shape index (κ2) is 3.89. The maximum absolute atomic E-state index is 13.0. The van der Waals surface area contributed by atoms with E-state index < -0.39 is 5.91 Å². The lowest BCUT2D eigenvalue weighted by atomic mass is 10.3.